The molecule has 0 radical (unpaired) electrons. The van der Waals surface area contributed by atoms with Gasteiger partial charge in [-0.2, -0.15) is 0 Å². The van der Waals surface area contributed by atoms with E-state index in [0.717, 1.165) is 11.1 Å². The van der Waals surface area contributed by atoms with Gasteiger partial charge in [-0.25, -0.2) is 9.18 Å². The van der Waals surface area contributed by atoms with E-state index in [1.807, 2.05) is 6.92 Å². The fourth-order valence-corrected chi connectivity index (χ4v) is 1.69. The van der Waals surface area contributed by atoms with Crippen molar-refractivity contribution in [3.63, 3.8) is 0 Å². The summed E-state index contributed by atoms with van der Waals surface area (Å²) in [6.45, 7) is 4.03. The zero-order valence-electron chi connectivity index (χ0n) is 11.6. The molecule has 0 spiro atoms. The van der Waals surface area contributed by atoms with Gasteiger partial charge in [0.2, 0.25) is 0 Å². The Morgan fingerprint density at radius 1 is 1.53 bits per heavy atom. The quantitative estimate of drug-likeness (QED) is 0.854. The van der Waals surface area contributed by atoms with E-state index in [0.29, 0.717) is 13.0 Å². The second-order valence-electron chi connectivity index (χ2n) is 4.70. The largest absolute Gasteiger partial charge is 0.394 e. The third-order valence-electron chi connectivity index (χ3n) is 3.22. The first-order chi connectivity index (χ1) is 8.95. The molecule has 0 aromatic heterocycles. The number of rotatable bonds is 5. The number of hydrogen-bond acceptors (Lipinski definition) is 2. The van der Waals surface area contributed by atoms with Gasteiger partial charge in [0.25, 0.3) is 0 Å². The number of nitrogens with zero attached hydrogens (tertiary/aromatic N) is 1. The molecule has 5 heteroatoms. The minimum absolute atomic E-state index is 0.0685. The SMILES string of the molecule is Cc1cc(F)ccc1CCNC(=O)N(C)C(C)CO. The Morgan fingerprint density at radius 3 is 2.79 bits per heavy atom. The summed E-state index contributed by atoms with van der Waals surface area (Å²) in [5, 5.41) is 11.7. The number of benzene rings is 1. The van der Waals surface area contributed by atoms with Crippen molar-refractivity contribution < 1.29 is 14.3 Å². The van der Waals surface area contributed by atoms with Crippen molar-refractivity contribution in [1.82, 2.24) is 10.2 Å². The molecule has 4 nitrogen and oxygen atoms in total. The van der Waals surface area contributed by atoms with Gasteiger partial charge in [0.15, 0.2) is 0 Å². The van der Waals surface area contributed by atoms with Crippen LogP contribution < -0.4 is 5.32 Å². The Bertz CT molecular complexity index is 437. The molecule has 2 amide bonds. The summed E-state index contributed by atoms with van der Waals surface area (Å²) in [7, 11) is 1.64. The van der Waals surface area contributed by atoms with Crippen LogP contribution in [0.1, 0.15) is 18.1 Å². The van der Waals surface area contributed by atoms with Gasteiger partial charge in [-0.3, -0.25) is 0 Å². The number of halogens is 1. The Morgan fingerprint density at radius 2 is 2.21 bits per heavy atom. The van der Waals surface area contributed by atoms with Crippen LogP contribution in [-0.2, 0) is 6.42 Å². The molecular weight excluding hydrogens is 247 g/mol. The van der Waals surface area contributed by atoms with Crippen molar-refractivity contribution in [3.8, 4) is 0 Å². The molecule has 1 aromatic rings. The molecule has 1 aromatic carbocycles. The van der Waals surface area contributed by atoms with Crippen molar-refractivity contribution in [2.24, 2.45) is 0 Å². The molecule has 0 aliphatic rings. The lowest BCUT2D eigenvalue weighted by Gasteiger charge is -2.23. The normalized spacial score (nSPS) is 12.1. The Hall–Kier alpha value is -1.62. The molecule has 0 saturated heterocycles. The summed E-state index contributed by atoms with van der Waals surface area (Å²) in [5.41, 5.74) is 1.89. The lowest BCUT2D eigenvalue weighted by Crippen LogP contribution is -2.44. The third kappa shape index (κ3) is 4.52. The molecule has 1 rings (SSSR count). The highest BCUT2D eigenvalue weighted by atomic mass is 19.1. The van der Waals surface area contributed by atoms with Crippen LogP contribution in [0.2, 0.25) is 0 Å². The molecule has 2 N–H and O–H groups in total. The number of carbonyl (C=O) groups excluding carboxylic acids is 1. The van der Waals surface area contributed by atoms with Crippen LogP contribution >= 0.6 is 0 Å². The van der Waals surface area contributed by atoms with E-state index < -0.39 is 0 Å². The fraction of sp³-hybridized carbons (Fsp3) is 0.500. The van der Waals surface area contributed by atoms with E-state index in [-0.39, 0.29) is 24.5 Å². The summed E-state index contributed by atoms with van der Waals surface area (Å²) in [4.78, 5) is 13.2. The number of amides is 2. The van der Waals surface area contributed by atoms with Gasteiger partial charge in [-0.1, -0.05) is 6.07 Å². The Balaban J connectivity index is 2.44. The van der Waals surface area contributed by atoms with E-state index in [2.05, 4.69) is 5.32 Å². The van der Waals surface area contributed by atoms with Gasteiger partial charge in [-0.15, -0.1) is 0 Å². The molecule has 0 heterocycles. The lowest BCUT2D eigenvalue weighted by atomic mass is 10.1. The van der Waals surface area contributed by atoms with Crippen molar-refractivity contribution >= 4 is 6.03 Å². The molecule has 106 valence electrons. The van der Waals surface area contributed by atoms with Crippen molar-refractivity contribution in [1.29, 1.82) is 0 Å². The fourth-order valence-electron chi connectivity index (χ4n) is 1.69. The van der Waals surface area contributed by atoms with E-state index in [1.165, 1.54) is 17.0 Å². The third-order valence-corrected chi connectivity index (χ3v) is 3.22. The minimum atomic E-state index is -0.248. The summed E-state index contributed by atoms with van der Waals surface area (Å²) in [6.07, 6.45) is 0.652. The summed E-state index contributed by atoms with van der Waals surface area (Å²) >= 11 is 0. The van der Waals surface area contributed by atoms with Crippen molar-refractivity contribution in [3.05, 3.63) is 35.1 Å². The molecule has 1 atom stereocenters. The molecule has 1 unspecified atom stereocenters. The number of aliphatic hydroxyl groups excluding tert-OH is 1. The van der Waals surface area contributed by atoms with E-state index in [9.17, 15) is 9.18 Å². The molecule has 0 aliphatic heterocycles. The molecule has 0 fully saturated rings. The van der Waals surface area contributed by atoms with Gasteiger partial charge in [0, 0.05) is 13.6 Å². The van der Waals surface area contributed by atoms with Gasteiger partial charge < -0.3 is 15.3 Å². The highest BCUT2D eigenvalue weighted by Crippen LogP contribution is 2.10. The molecule has 0 saturated carbocycles. The van der Waals surface area contributed by atoms with Crippen LogP contribution in [0.15, 0.2) is 18.2 Å². The number of hydrogen-bond donors (Lipinski definition) is 2. The predicted molar refractivity (Wildman–Crippen MR) is 72.6 cm³/mol. The Labute approximate surface area is 113 Å². The van der Waals surface area contributed by atoms with E-state index >= 15 is 0 Å². The van der Waals surface area contributed by atoms with E-state index in [1.54, 1.807) is 20.0 Å². The summed E-state index contributed by atoms with van der Waals surface area (Å²) in [5.74, 6) is -0.248. The maximum absolute atomic E-state index is 12.9. The number of nitrogens with one attached hydrogen (secondary N) is 1. The Kier molecular flexibility index (Phi) is 5.76. The van der Waals surface area contributed by atoms with Gasteiger partial charge in [0.1, 0.15) is 5.82 Å². The topological polar surface area (TPSA) is 52.6 Å². The number of aryl methyl sites for hydroxylation is 1. The number of carbonyl (C=O) groups is 1. The maximum Gasteiger partial charge on any atom is 0.317 e. The average molecular weight is 268 g/mol. The van der Waals surface area contributed by atoms with Crippen LogP contribution in [0.25, 0.3) is 0 Å². The standard InChI is InChI=1S/C14H21FN2O2/c1-10-8-13(15)5-4-12(10)6-7-16-14(19)17(3)11(2)9-18/h4-5,8,11,18H,6-7,9H2,1-3H3,(H,16,19). The highest BCUT2D eigenvalue weighted by Gasteiger charge is 2.13. The average Bonchev–Trinajstić information content (AvgIpc) is 2.39. The smallest absolute Gasteiger partial charge is 0.317 e. The summed E-state index contributed by atoms with van der Waals surface area (Å²) in [6, 6.07) is 4.20. The van der Waals surface area contributed by atoms with Crippen LogP contribution in [0.3, 0.4) is 0 Å². The molecule has 19 heavy (non-hydrogen) atoms. The van der Waals surface area contributed by atoms with Gasteiger partial charge in [-0.05, 0) is 43.5 Å². The molecule has 0 bridgehead atoms. The van der Waals surface area contributed by atoms with Crippen LogP contribution in [-0.4, -0.2) is 42.3 Å². The van der Waals surface area contributed by atoms with Gasteiger partial charge >= 0.3 is 6.03 Å². The first-order valence-electron chi connectivity index (χ1n) is 6.32. The van der Waals surface area contributed by atoms with Crippen LogP contribution in [0.4, 0.5) is 9.18 Å². The molecule has 0 aliphatic carbocycles. The van der Waals surface area contributed by atoms with Crippen LogP contribution in [0.5, 0.6) is 0 Å². The second-order valence-corrected chi connectivity index (χ2v) is 4.70. The number of likely N-dealkylation sites (N-methyl/N-ethyl adjacent to an activating group) is 1. The summed E-state index contributed by atoms with van der Waals surface area (Å²) < 4.78 is 12.9. The number of urea groups is 1. The highest BCUT2D eigenvalue weighted by molar-refractivity contribution is 5.74. The zero-order chi connectivity index (χ0) is 14.4. The first-order valence-corrected chi connectivity index (χ1v) is 6.32. The van der Waals surface area contributed by atoms with Crippen LogP contribution in [0, 0.1) is 12.7 Å². The monoisotopic (exact) mass is 268 g/mol. The van der Waals surface area contributed by atoms with Crippen molar-refractivity contribution in [2.75, 3.05) is 20.2 Å². The number of aliphatic hydroxyl groups is 1. The predicted octanol–water partition coefficient (Wildman–Crippen LogP) is 1.70. The zero-order valence-corrected chi connectivity index (χ0v) is 11.6. The minimum Gasteiger partial charge on any atom is -0.394 e. The van der Waals surface area contributed by atoms with Gasteiger partial charge in [0.05, 0.1) is 12.6 Å². The second kappa shape index (κ2) is 7.09. The van der Waals surface area contributed by atoms with Crippen molar-refractivity contribution in [2.45, 2.75) is 26.3 Å². The maximum atomic E-state index is 12.9. The lowest BCUT2D eigenvalue weighted by molar-refractivity contribution is 0.157. The van der Waals surface area contributed by atoms with E-state index in [4.69, 9.17) is 5.11 Å². The first kappa shape index (κ1) is 15.4. The molecular formula is C14H21FN2O2.